The first-order chi connectivity index (χ1) is 13.7. The van der Waals surface area contributed by atoms with Gasteiger partial charge in [-0.1, -0.05) is 36.4 Å². The second-order valence-corrected chi connectivity index (χ2v) is 6.69. The highest BCUT2D eigenvalue weighted by Gasteiger charge is 2.28. The van der Waals surface area contributed by atoms with E-state index in [1.54, 1.807) is 17.0 Å². The fourth-order valence-electron chi connectivity index (χ4n) is 3.20. The molecule has 7 nitrogen and oxygen atoms in total. The molecule has 28 heavy (non-hydrogen) atoms. The summed E-state index contributed by atoms with van der Waals surface area (Å²) in [5.41, 5.74) is 0.905. The van der Waals surface area contributed by atoms with E-state index in [4.69, 9.17) is 9.15 Å². The molecule has 2 heterocycles. The van der Waals surface area contributed by atoms with E-state index in [2.05, 4.69) is 15.1 Å². The molecule has 1 aliphatic rings. The Hall–Kier alpha value is -3.19. The van der Waals surface area contributed by atoms with Crippen molar-refractivity contribution in [2.24, 2.45) is 0 Å². The lowest BCUT2D eigenvalue weighted by molar-refractivity contribution is 0.0857. The summed E-state index contributed by atoms with van der Waals surface area (Å²) in [6.07, 6.45) is -0.317. The van der Waals surface area contributed by atoms with Crippen molar-refractivity contribution in [3.63, 3.8) is 0 Å². The number of benzene rings is 2. The highest BCUT2D eigenvalue weighted by atomic mass is 16.6. The number of hydrogen-bond acceptors (Lipinski definition) is 6. The highest BCUT2D eigenvalue weighted by molar-refractivity contribution is 5.70. The van der Waals surface area contributed by atoms with Crippen molar-refractivity contribution in [3.05, 3.63) is 66.6 Å². The van der Waals surface area contributed by atoms with E-state index in [0.717, 1.165) is 5.56 Å². The Bertz CT molecular complexity index is 906. The number of carbonyl (C=O) groups excluding carboxylic acids is 1. The number of aromatic nitrogens is 2. The summed E-state index contributed by atoms with van der Waals surface area (Å²) >= 11 is 0. The van der Waals surface area contributed by atoms with E-state index in [1.807, 2.05) is 55.5 Å². The van der Waals surface area contributed by atoms with E-state index in [-0.39, 0.29) is 12.1 Å². The second-order valence-electron chi connectivity index (χ2n) is 6.69. The minimum absolute atomic E-state index is 0.0164. The largest absolute Gasteiger partial charge is 0.419 e. The number of ether oxygens (including phenoxy) is 1. The summed E-state index contributed by atoms with van der Waals surface area (Å²) in [5.74, 6) is 1.66. The van der Waals surface area contributed by atoms with Gasteiger partial charge in [0.25, 0.3) is 0 Å². The molecule has 1 atom stereocenters. The maximum atomic E-state index is 12.3. The van der Waals surface area contributed by atoms with Crippen LogP contribution in [0.25, 0.3) is 11.5 Å². The van der Waals surface area contributed by atoms with Crippen LogP contribution in [0.3, 0.4) is 0 Å². The molecule has 0 N–H and O–H groups in total. The third-order valence-corrected chi connectivity index (χ3v) is 4.89. The van der Waals surface area contributed by atoms with Crippen molar-refractivity contribution in [1.29, 1.82) is 0 Å². The lowest BCUT2D eigenvalue weighted by Crippen LogP contribution is -2.50. The Morgan fingerprint density at radius 1 is 0.964 bits per heavy atom. The summed E-state index contributed by atoms with van der Waals surface area (Å²) in [6.45, 7) is 4.66. The Morgan fingerprint density at radius 2 is 1.61 bits per heavy atom. The first-order valence-electron chi connectivity index (χ1n) is 9.35. The van der Waals surface area contributed by atoms with Gasteiger partial charge in [0.2, 0.25) is 11.8 Å². The van der Waals surface area contributed by atoms with Crippen LogP contribution in [0.4, 0.5) is 4.79 Å². The number of para-hydroxylation sites is 1. The van der Waals surface area contributed by atoms with Gasteiger partial charge in [-0.2, -0.15) is 0 Å². The smallest absolute Gasteiger partial charge is 0.415 e. The van der Waals surface area contributed by atoms with Gasteiger partial charge in [-0.05, 0) is 31.2 Å². The fourth-order valence-corrected chi connectivity index (χ4v) is 3.20. The molecule has 0 spiro atoms. The van der Waals surface area contributed by atoms with Crippen LogP contribution in [0.1, 0.15) is 18.9 Å². The minimum atomic E-state index is -0.317. The summed E-state index contributed by atoms with van der Waals surface area (Å²) in [4.78, 5) is 16.3. The molecule has 0 radical (unpaired) electrons. The van der Waals surface area contributed by atoms with Gasteiger partial charge < -0.3 is 14.1 Å². The molecule has 0 saturated carbocycles. The Balaban J connectivity index is 1.33. The van der Waals surface area contributed by atoms with Crippen molar-refractivity contribution in [3.8, 4) is 17.2 Å². The average molecular weight is 378 g/mol. The molecule has 1 aromatic heterocycles. The summed E-state index contributed by atoms with van der Waals surface area (Å²) < 4.78 is 11.3. The number of carbonyl (C=O) groups is 1. The zero-order valence-electron chi connectivity index (χ0n) is 15.7. The first kappa shape index (κ1) is 18.2. The molecule has 4 rings (SSSR count). The lowest BCUT2D eigenvalue weighted by Gasteiger charge is -2.36. The predicted molar refractivity (Wildman–Crippen MR) is 104 cm³/mol. The lowest BCUT2D eigenvalue weighted by atomic mass is 10.2. The van der Waals surface area contributed by atoms with Crippen molar-refractivity contribution in [2.45, 2.75) is 13.0 Å². The SMILES string of the molecule is CC(c1nnc(-c2ccccc2)o1)N1CCN(C(=O)Oc2ccccc2)CC1. The Kier molecular flexibility index (Phi) is 5.34. The Labute approximate surface area is 163 Å². The molecule has 0 aliphatic carbocycles. The number of piperazine rings is 1. The molecule has 1 unspecified atom stereocenters. The van der Waals surface area contributed by atoms with Gasteiger partial charge in [0.15, 0.2) is 0 Å². The van der Waals surface area contributed by atoms with Gasteiger partial charge in [0.1, 0.15) is 5.75 Å². The summed E-state index contributed by atoms with van der Waals surface area (Å²) in [6, 6.07) is 18.8. The van der Waals surface area contributed by atoms with Crippen molar-refractivity contribution < 1.29 is 13.9 Å². The topological polar surface area (TPSA) is 71.7 Å². The van der Waals surface area contributed by atoms with Crippen molar-refractivity contribution in [2.75, 3.05) is 26.2 Å². The predicted octanol–water partition coefficient (Wildman–Crippen LogP) is 3.61. The molecular weight excluding hydrogens is 356 g/mol. The van der Waals surface area contributed by atoms with Crippen molar-refractivity contribution >= 4 is 6.09 Å². The van der Waals surface area contributed by atoms with Crippen LogP contribution >= 0.6 is 0 Å². The molecular formula is C21H22N4O3. The normalized spacial score (nSPS) is 16.0. The molecule has 1 saturated heterocycles. The van der Waals surface area contributed by atoms with E-state index in [9.17, 15) is 4.79 Å². The number of hydrogen-bond donors (Lipinski definition) is 0. The number of amides is 1. The molecule has 1 amide bonds. The highest BCUT2D eigenvalue weighted by Crippen LogP contribution is 2.24. The van der Waals surface area contributed by atoms with E-state index in [1.165, 1.54) is 0 Å². The van der Waals surface area contributed by atoms with E-state index < -0.39 is 0 Å². The zero-order chi connectivity index (χ0) is 19.3. The molecule has 144 valence electrons. The van der Waals surface area contributed by atoms with Crippen molar-refractivity contribution in [1.82, 2.24) is 20.0 Å². The first-order valence-corrected chi connectivity index (χ1v) is 9.35. The van der Waals surface area contributed by atoms with Crippen LogP contribution in [0.15, 0.2) is 65.1 Å². The van der Waals surface area contributed by atoms with Gasteiger partial charge in [0, 0.05) is 31.7 Å². The van der Waals surface area contributed by atoms with Gasteiger partial charge in [-0.3, -0.25) is 4.90 Å². The van der Waals surface area contributed by atoms with Gasteiger partial charge >= 0.3 is 6.09 Å². The number of rotatable bonds is 4. The van der Waals surface area contributed by atoms with Crippen LogP contribution in [-0.2, 0) is 0 Å². The maximum Gasteiger partial charge on any atom is 0.415 e. The average Bonchev–Trinajstić information content (AvgIpc) is 3.25. The molecule has 0 bridgehead atoms. The zero-order valence-corrected chi connectivity index (χ0v) is 15.7. The third kappa shape index (κ3) is 4.04. The van der Waals surface area contributed by atoms with Crippen LogP contribution < -0.4 is 4.74 Å². The summed E-state index contributed by atoms with van der Waals surface area (Å²) in [7, 11) is 0. The molecule has 2 aromatic carbocycles. The second kappa shape index (κ2) is 8.22. The molecule has 1 fully saturated rings. The van der Waals surface area contributed by atoms with Crippen LogP contribution in [0, 0.1) is 0 Å². The van der Waals surface area contributed by atoms with Gasteiger partial charge in [0.05, 0.1) is 6.04 Å². The molecule has 3 aromatic rings. The number of nitrogens with zero attached hydrogens (tertiary/aromatic N) is 4. The minimum Gasteiger partial charge on any atom is -0.419 e. The van der Waals surface area contributed by atoms with Crippen LogP contribution in [0.2, 0.25) is 0 Å². The fraction of sp³-hybridized carbons (Fsp3) is 0.286. The molecule has 1 aliphatic heterocycles. The standard InChI is InChI=1S/C21H22N4O3/c1-16(19-22-23-20(28-19)17-8-4-2-5-9-17)24-12-14-25(15-13-24)21(26)27-18-10-6-3-7-11-18/h2-11,16H,12-15H2,1H3. The van der Waals surface area contributed by atoms with E-state index in [0.29, 0.717) is 43.7 Å². The van der Waals surface area contributed by atoms with Gasteiger partial charge in [-0.15, -0.1) is 10.2 Å². The van der Waals surface area contributed by atoms with E-state index >= 15 is 0 Å². The Morgan fingerprint density at radius 3 is 2.29 bits per heavy atom. The molecule has 7 heteroatoms. The van der Waals surface area contributed by atoms with Gasteiger partial charge in [-0.25, -0.2) is 4.79 Å². The van der Waals surface area contributed by atoms with Crippen LogP contribution in [0.5, 0.6) is 5.75 Å². The third-order valence-electron chi connectivity index (χ3n) is 4.89. The quantitative estimate of drug-likeness (QED) is 0.691. The maximum absolute atomic E-state index is 12.3. The monoisotopic (exact) mass is 378 g/mol. The summed E-state index contributed by atoms with van der Waals surface area (Å²) in [5, 5.41) is 8.38. The van der Waals surface area contributed by atoms with Crippen LogP contribution in [-0.4, -0.2) is 52.3 Å².